The molecular weight excluding hydrogens is 769 g/mol. The first-order valence-corrected chi connectivity index (χ1v) is 21.1. The van der Waals surface area contributed by atoms with E-state index in [-0.39, 0.29) is 47.1 Å². The van der Waals surface area contributed by atoms with Gasteiger partial charge < -0.3 is 20.4 Å². The Morgan fingerprint density at radius 3 is 2.29 bits per heavy atom. The summed E-state index contributed by atoms with van der Waals surface area (Å²) < 4.78 is 1.69. The molecule has 0 spiro atoms. The SMILES string of the molecule is CC(=O)c1c(C)c2cnc(Nc3ccc(N4CCN(C(=O)CCCCCC(=O)Nc5ccccc5C(=O)Nc5nc(C)c(C)s5)CC4)cn3)nc2n(C2CCCC2)c1=O. The number of rotatable bonds is 14. The lowest BCUT2D eigenvalue weighted by Gasteiger charge is -2.36. The summed E-state index contributed by atoms with van der Waals surface area (Å²) in [4.78, 5) is 88.1. The van der Waals surface area contributed by atoms with Crippen molar-refractivity contribution in [3.63, 3.8) is 0 Å². The van der Waals surface area contributed by atoms with Crippen LogP contribution in [0.3, 0.4) is 0 Å². The largest absolute Gasteiger partial charge is 0.367 e. The van der Waals surface area contributed by atoms with E-state index in [9.17, 15) is 24.0 Å². The van der Waals surface area contributed by atoms with Gasteiger partial charge in [-0.15, -0.1) is 11.3 Å². The van der Waals surface area contributed by atoms with Crippen LogP contribution < -0.4 is 26.4 Å². The molecule has 2 aliphatic rings. The fourth-order valence-corrected chi connectivity index (χ4v) is 8.68. The smallest absolute Gasteiger partial charge is 0.263 e. The summed E-state index contributed by atoms with van der Waals surface area (Å²) in [5, 5.41) is 10.1. The Labute approximate surface area is 346 Å². The van der Waals surface area contributed by atoms with Crippen molar-refractivity contribution in [3.8, 4) is 0 Å². The molecule has 1 saturated heterocycles. The summed E-state index contributed by atoms with van der Waals surface area (Å²) in [5.41, 5.74) is 3.65. The molecule has 1 saturated carbocycles. The number of para-hydroxylation sites is 1. The molecule has 0 radical (unpaired) electrons. The number of carbonyl (C=O) groups excluding carboxylic acids is 4. The molecule has 15 nitrogen and oxygen atoms in total. The molecule has 2 fully saturated rings. The highest BCUT2D eigenvalue weighted by atomic mass is 32.1. The van der Waals surface area contributed by atoms with E-state index in [1.54, 1.807) is 48.1 Å². The summed E-state index contributed by atoms with van der Waals surface area (Å²) >= 11 is 1.41. The number of thiazole rings is 1. The zero-order chi connectivity index (χ0) is 41.6. The normalized spacial score (nSPS) is 14.4. The quantitative estimate of drug-likeness (QED) is 0.0766. The van der Waals surface area contributed by atoms with Crippen molar-refractivity contribution in [2.24, 2.45) is 0 Å². The first-order chi connectivity index (χ1) is 28.5. The molecule has 1 aromatic carbocycles. The van der Waals surface area contributed by atoms with Gasteiger partial charge in [0.25, 0.3) is 11.5 Å². The Hall–Kier alpha value is -6.03. The second-order valence-corrected chi connectivity index (χ2v) is 16.5. The fourth-order valence-electron chi connectivity index (χ4n) is 7.87. The molecule has 308 valence electrons. The van der Waals surface area contributed by atoms with E-state index in [2.05, 4.69) is 35.8 Å². The van der Waals surface area contributed by atoms with E-state index in [1.807, 2.05) is 30.9 Å². The predicted molar refractivity (Wildman–Crippen MR) is 230 cm³/mol. The fraction of sp³-hybridized carbons (Fsp3) is 0.419. The van der Waals surface area contributed by atoms with E-state index in [1.165, 1.54) is 18.3 Å². The van der Waals surface area contributed by atoms with Crippen LogP contribution in [0.1, 0.15) is 108 Å². The highest BCUT2D eigenvalue weighted by molar-refractivity contribution is 7.15. The van der Waals surface area contributed by atoms with Gasteiger partial charge in [0.1, 0.15) is 11.5 Å². The zero-order valence-corrected chi connectivity index (χ0v) is 34.8. The van der Waals surface area contributed by atoms with Gasteiger partial charge in [0.2, 0.25) is 17.8 Å². The summed E-state index contributed by atoms with van der Waals surface area (Å²) in [7, 11) is 0. The molecule has 1 aliphatic heterocycles. The third kappa shape index (κ3) is 9.48. The van der Waals surface area contributed by atoms with Crippen molar-refractivity contribution in [3.05, 3.63) is 86.4 Å². The molecule has 1 aliphatic carbocycles. The molecule has 0 unspecified atom stereocenters. The predicted octanol–water partition coefficient (Wildman–Crippen LogP) is 7.12. The minimum absolute atomic E-state index is 0.00658. The van der Waals surface area contributed by atoms with Crippen LogP contribution in [-0.4, -0.2) is 79.1 Å². The van der Waals surface area contributed by atoms with E-state index >= 15 is 0 Å². The number of pyridine rings is 2. The van der Waals surface area contributed by atoms with Gasteiger partial charge in [-0.05, 0) is 83.2 Å². The first kappa shape index (κ1) is 41.1. The number of ketones is 1. The molecule has 5 aromatic rings. The molecule has 3 amide bonds. The molecule has 0 atom stereocenters. The van der Waals surface area contributed by atoms with Gasteiger partial charge in [0.05, 0.1) is 34.4 Å². The number of aromatic nitrogens is 5. The molecule has 16 heteroatoms. The minimum Gasteiger partial charge on any atom is -0.367 e. The maximum atomic E-state index is 13.6. The van der Waals surface area contributed by atoms with Gasteiger partial charge in [-0.1, -0.05) is 31.4 Å². The Kier molecular flexibility index (Phi) is 12.7. The van der Waals surface area contributed by atoms with Gasteiger partial charge in [-0.3, -0.25) is 33.9 Å². The van der Waals surface area contributed by atoms with Crippen LogP contribution in [0.5, 0.6) is 0 Å². The number of nitrogens with one attached hydrogen (secondary N) is 3. The van der Waals surface area contributed by atoms with Crippen molar-refractivity contribution in [2.75, 3.05) is 47.0 Å². The average molecular weight is 819 g/mol. The molecule has 59 heavy (non-hydrogen) atoms. The maximum Gasteiger partial charge on any atom is 0.263 e. The van der Waals surface area contributed by atoms with Crippen LogP contribution in [0.4, 0.5) is 28.3 Å². The summed E-state index contributed by atoms with van der Waals surface area (Å²) in [5.74, 6) is 0.208. The summed E-state index contributed by atoms with van der Waals surface area (Å²) in [6.07, 6.45) is 10.0. The van der Waals surface area contributed by atoms with E-state index in [0.29, 0.717) is 90.2 Å². The van der Waals surface area contributed by atoms with E-state index < -0.39 is 0 Å². The number of unbranched alkanes of at least 4 members (excludes halogenated alkanes) is 2. The van der Waals surface area contributed by atoms with Gasteiger partial charge in [0, 0.05) is 61.5 Å². The molecule has 5 heterocycles. The Bertz CT molecular complexity index is 2410. The molecular formula is C43H50N10O5S. The number of benzene rings is 1. The number of anilines is 5. The third-order valence-electron chi connectivity index (χ3n) is 11.2. The van der Waals surface area contributed by atoms with Crippen LogP contribution in [0.15, 0.2) is 53.6 Å². The lowest BCUT2D eigenvalue weighted by atomic mass is 10.0. The van der Waals surface area contributed by atoms with E-state index in [0.717, 1.165) is 48.4 Å². The highest BCUT2D eigenvalue weighted by Gasteiger charge is 2.26. The Morgan fingerprint density at radius 2 is 1.59 bits per heavy atom. The number of Topliss-reactive ketones (excluding diaryl/α,β-unsaturated/α-hetero) is 1. The van der Waals surface area contributed by atoms with Crippen LogP contribution in [-0.2, 0) is 9.59 Å². The topological polar surface area (TPSA) is 184 Å². The van der Waals surface area contributed by atoms with Crippen LogP contribution >= 0.6 is 11.3 Å². The molecule has 7 rings (SSSR count). The number of hydrogen-bond donors (Lipinski definition) is 3. The van der Waals surface area contributed by atoms with Gasteiger partial charge in [-0.25, -0.2) is 15.0 Å². The summed E-state index contributed by atoms with van der Waals surface area (Å²) in [6, 6.07) is 10.7. The number of nitrogens with zero attached hydrogens (tertiary/aromatic N) is 7. The number of aryl methyl sites for hydroxylation is 3. The van der Waals surface area contributed by atoms with Crippen molar-refractivity contribution in [1.82, 2.24) is 29.4 Å². The van der Waals surface area contributed by atoms with Crippen molar-refractivity contribution >= 4 is 74.1 Å². The monoisotopic (exact) mass is 818 g/mol. The second-order valence-electron chi connectivity index (χ2n) is 15.3. The lowest BCUT2D eigenvalue weighted by Crippen LogP contribution is -2.48. The number of carbonyl (C=O) groups is 4. The highest BCUT2D eigenvalue weighted by Crippen LogP contribution is 2.32. The number of amides is 3. The van der Waals surface area contributed by atoms with E-state index in [4.69, 9.17) is 4.98 Å². The van der Waals surface area contributed by atoms with Crippen LogP contribution in [0.2, 0.25) is 0 Å². The summed E-state index contributed by atoms with van der Waals surface area (Å²) in [6.45, 7) is 9.61. The number of piperazine rings is 1. The Morgan fingerprint density at radius 1 is 0.847 bits per heavy atom. The van der Waals surface area contributed by atoms with Crippen LogP contribution in [0.25, 0.3) is 11.0 Å². The minimum atomic E-state index is -0.333. The van der Waals surface area contributed by atoms with Gasteiger partial charge in [0.15, 0.2) is 10.9 Å². The van der Waals surface area contributed by atoms with Crippen molar-refractivity contribution < 1.29 is 19.2 Å². The molecule has 0 bridgehead atoms. The molecule has 4 aromatic heterocycles. The van der Waals surface area contributed by atoms with Crippen LogP contribution in [0, 0.1) is 20.8 Å². The lowest BCUT2D eigenvalue weighted by molar-refractivity contribution is -0.131. The average Bonchev–Trinajstić information content (AvgIpc) is 3.86. The maximum absolute atomic E-state index is 13.6. The number of hydrogen-bond acceptors (Lipinski definition) is 12. The standard InChI is InChI=1S/C43H50N10O5S/c1-26-33-25-45-42(49-39(33)53(30-12-8-9-13-30)41(58)38(26)28(3)54)48-35-19-18-31(24-44-35)51-20-22-52(23-21-51)37(56)17-7-5-6-16-36(55)47-34-15-11-10-14-32(34)40(57)50-43-46-27(2)29(4)59-43/h10-11,14-15,18-19,24-25,30H,5-9,12-13,16-17,20-23H2,1-4H3,(H,47,55)(H,46,50,57)(H,44,45,48,49). The van der Waals surface area contributed by atoms with Gasteiger partial charge >= 0.3 is 0 Å². The molecule has 3 N–H and O–H groups in total. The second kappa shape index (κ2) is 18.3. The van der Waals surface area contributed by atoms with Gasteiger partial charge in [-0.2, -0.15) is 4.98 Å². The third-order valence-corrected chi connectivity index (χ3v) is 12.2. The number of fused-ring (bicyclic) bond motifs is 1. The van der Waals surface area contributed by atoms with Crippen molar-refractivity contribution in [2.45, 2.75) is 91.5 Å². The first-order valence-electron chi connectivity index (χ1n) is 20.3. The van der Waals surface area contributed by atoms with Crippen molar-refractivity contribution in [1.29, 1.82) is 0 Å². The zero-order valence-electron chi connectivity index (χ0n) is 34.0. The Balaban J connectivity index is 0.850.